The number of aryl methyl sites for hydroxylation is 1. The zero-order valence-electron chi connectivity index (χ0n) is 13.0. The standard InChI is InChI=1S/C16H20N2O3S/c1-4-20-13-7-5-12(6-8-13)16-18-14(11(2)21-16)9-22-10-15(19)17-3/h5-8H,4,9-10H2,1-3H3,(H,17,19). The Hall–Kier alpha value is -1.95. The van der Waals surface area contributed by atoms with E-state index in [9.17, 15) is 4.79 Å². The number of nitrogens with one attached hydrogen (secondary N) is 1. The average Bonchev–Trinajstić information content (AvgIpc) is 2.89. The van der Waals surface area contributed by atoms with Gasteiger partial charge in [-0.3, -0.25) is 4.79 Å². The molecule has 0 saturated carbocycles. The second-order valence-corrected chi connectivity index (χ2v) is 5.63. The van der Waals surface area contributed by atoms with Gasteiger partial charge in [-0.2, -0.15) is 0 Å². The molecule has 0 spiro atoms. The van der Waals surface area contributed by atoms with Gasteiger partial charge in [-0.25, -0.2) is 4.98 Å². The van der Waals surface area contributed by atoms with Gasteiger partial charge in [0.2, 0.25) is 11.8 Å². The van der Waals surface area contributed by atoms with E-state index < -0.39 is 0 Å². The summed E-state index contributed by atoms with van der Waals surface area (Å²) in [6.45, 7) is 4.49. The number of amides is 1. The number of carbonyl (C=O) groups is 1. The molecule has 1 aromatic carbocycles. The lowest BCUT2D eigenvalue weighted by molar-refractivity contribution is -0.118. The molecule has 5 nitrogen and oxygen atoms in total. The zero-order chi connectivity index (χ0) is 15.9. The molecule has 1 aromatic heterocycles. The molecule has 0 atom stereocenters. The van der Waals surface area contributed by atoms with E-state index in [2.05, 4.69) is 10.3 Å². The first-order valence-corrected chi connectivity index (χ1v) is 8.27. The summed E-state index contributed by atoms with van der Waals surface area (Å²) in [6.07, 6.45) is 0. The molecule has 22 heavy (non-hydrogen) atoms. The van der Waals surface area contributed by atoms with Gasteiger partial charge in [-0.1, -0.05) is 0 Å². The minimum absolute atomic E-state index is 0.0119. The minimum atomic E-state index is 0.0119. The molecule has 1 heterocycles. The van der Waals surface area contributed by atoms with Crippen molar-refractivity contribution in [2.75, 3.05) is 19.4 Å². The lowest BCUT2D eigenvalue weighted by Crippen LogP contribution is -2.19. The molecule has 0 radical (unpaired) electrons. The Morgan fingerprint density at radius 3 is 2.73 bits per heavy atom. The third-order valence-electron chi connectivity index (χ3n) is 3.06. The predicted octanol–water partition coefficient (Wildman–Crippen LogP) is 3.03. The minimum Gasteiger partial charge on any atom is -0.494 e. The first-order chi connectivity index (χ1) is 10.6. The summed E-state index contributed by atoms with van der Waals surface area (Å²) >= 11 is 1.52. The number of oxazole rings is 1. The maximum absolute atomic E-state index is 11.2. The number of hydrogen-bond donors (Lipinski definition) is 1. The maximum Gasteiger partial charge on any atom is 0.229 e. The van der Waals surface area contributed by atoms with Crippen molar-refractivity contribution >= 4 is 17.7 Å². The normalized spacial score (nSPS) is 10.5. The summed E-state index contributed by atoms with van der Waals surface area (Å²) in [5.41, 5.74) is 1.78. The summed E-state index contributed by atoms with van der Waals surface area (Å²) < 4.78 is 11.1. The number of benzene rings is 1. The van der Waals surface area contributed by atoms with E-state index in [0.717, 1.165) is 22.8 Å². The summed E-state index contributed by atoms with van der Waals surface area (Å²) in [4.78, 5) is 15.7. The van der Waals surface area contributed by atoms with Crippen LogP contribution in [0.4, 0.5) is 0 Å². The summed E-state index contributed by atoms with van der Waals surface area (Å²) in [5.74, 6) is 3.29. The van der Waals surface area contributed by atoms with Crippen LogP contribution in [-0.2, 0) is 10.5 Å². The van der Waals surface area contributed by atoms with E-state index in [1.165, 1.54) is 11.8 Å². The largest absolute Gasteiger partial charge is 0.494 e. The number of ether oxygens (including phenoxy) is 1. The van der Waals surface area contributed by atoms with E-state index in [1.54, 1.807) is 7.05 Å². The molecule has 0 unspecified atom stereocenters. The van der Waals surface area contributed by atoms with Gasteiger partial charge < -0.3 is 14.5 Å². The van der Waals surface area contributed by atoms with Crippen molar-refractivity contribution < 1.29 is 13.9 Å². The van der Waals surface area contributed by atoms with Gasteiger partial charge in [0.25, 0.3) is 0 Å². The van der Waals surface area contributed by atoms with Crippen LogP contribution in [0.1, 0.15) is 18.4 Å². The maximum atomic E-state index is 11.2. The fraction of sp³-hybridized carbons (Fsp3) is 0.375. The van der Waals surface area contributed by atoms with Crippen LogP contribution in [0.3, 0.4) is 0 Å². The fourth-order valence-corrected chi connectivity index (χ4v) is 2.75. The molecule has 0 aliphatic rings. The van der Waals surface area contributed by atoms with Crippen LogP contribution in [0, 0.1) is 6.92 Å². The zero-order valence-corrected chi connectivity index (χ0v) is 13.8. The third-order valence-corrected chi connectivity index (χ3v) is 4.00. The second kappa shape index (κ2) is 7.89. The van der Waals surface area contributed by atoms with Crippen LogP contribution in [0.15, 0.2) is 28.7 Å². The van der Waals surface area contributed by atoms with Gasteiger partial charge >= 0.3 is 0 Å². The molecular formula is C16H20N2O3S. The highest BCUT2D eigenvalue weighted by molar-refractivity contribution is 7.99. The van der Waals surface area contributed by atoms with E-state index >= 15 is 0 Å². The van der Waals surface area contributed by atoms with E-state index in [4.69, 9.17) is 9.15 Å². The Kier molecular flexibility index (Phi) is 5.89. The molecular weight excluding hydrogens is 300 g/mol. The van der Waals surface area contributed by atoms with Crippen LogP contribution in [0.25, 0.3) is 11.5 Å². The van der Waals surface area contributed by atoms with Crippen molar-refractivity contribution in [3.8, 4) is 17.2 Å². The number of aromatic nitrogens is 1. The molecule has 0 saturated heterocycles. The van der Waals surface area contributed by atoms with Crippen molar-refractivity contribution in [1.29, 1.82) is 0 Å². The number of thioether (sulfide) groups is 1. The monoisotopic (exact) mass is 320 g/mol. The number of carbonyl (C=O) groups excluding carboxylic acids is 1. The van der Waals surface area contributed by atoms with Crippen LogP contribution in [0.2, 0.25) is 0 Å². The highest BCUT2D eigenvalue weighted by atomic mass is 32.2. The lowest BCUT2D eigenvalue weighted by Gasteiger charge is -2.02. The molecule has 0 aliphatic carbocycles. The van der Waals surface area contributed by atoms with Crippen molar-refractivity contribution in [2.45, 2.75) is 19.6 Å². The Morgan fingerprint density at radius 1 is 1.36 bits per heavy atom. The highest BCUT2D eigenvalue weighted by Gasteiger charge is 2.12. The smallest absolute Gasteiger partial charge is 0.229 e. The van der Waals surface area contributed by atoms with E-state index in [0.29, 0.717) is 24.0 Å². The summed E-state index contributed by atoms with van der Waals surface area (Å²) in [6, 6.07) is 7.66. The summed E-state index contributed by atoms with van der Waals surface area (Å²) in [5, 5.41) is 2.60. The molecule has 1 amide bonds. The van der Waals surface area contributed by atoms with Crippen LogP contribution < -0.4 is 10.1 Å². The fourth-order valence-electron chi connectivity index (χ4n) is 1.86. The van der Waals surface area contributed by atoms with Crippen LogP contribution >= 0.6 is 11.8 Å². The SMILES string of the molecule is CCOc1ccc(-c2nc(CSCC(=O)NC)c(C)o2)cc1. The van der Waals surface area contributed by atoms with Crippen LogP contribution in [-0.4, -0.2) is 30.3 Å². The average molecular weight is 320 g/mol. The molecule has 6 heteroatoms. The van der Waals surface area contributed by atoms with Gasteiger partial charge in [0.05, 0.1) is 18.1 Å². The van der Waals surface area contributed by atoms with Crippen molar-refractivity contribution in [2.24, 2.45) is 0 Å². The topological polar surface area (TPSA) is 64.4 Å². The first kappa shape index (κ1) is 16.4. The quantitative estimate of drug-likeness (QED) is 0.849. The third kappa shape index (κ3) is 4.27. The molecule has 0 bridgehead atoms. The molecule has 0 fully saturated rings. The predicted molar refractivity (Wildman–Crippen MR) is 88.1 cm³/mol. The number of rotatable bonds is 7. The molecule has 2 aromatic rings. The van der Waals surface area contributed by atoms with Gasteiger partial charge in [-0.05, 0) is 38.1 Å². The van der Waals surface area contributed by atoms with Crippen molar-refractivity contribution in [3.63, 3.8) is 0 Å². The first-order valence-electron chi connectivity index (χ1n) is 7.12. The Bertz CT molecular complexity index is 623. The van der Waals surface area contributed by atoms with Gasteiger partial charge in [-0.15, -0.1) is 11.8 Å². The van der Waals surface area contributed by atoms with E-state index in [-0.39, 0.29) is 5.91 Å². The second-order valence-electron chi connectivity index (χ2n) is 4.65. The molecule has 1 N–H and O–H groups in total. The Balaban J connectivity index is 2.03. The number of hydrogen-bond acceptors (Lipinski definition) is 5. The summed E-state index contributed by atoms with van der Waals surface area (Å²) in [7, 11) is 1.63. The highest BCUT2D eigenvalue weighted by Crippen LogP contribution is 2.25. The van der Waals surface area contributed by atoms with Gasteiger partial charge in [0.15, 0.2) is 0 Å². The van der Waals surface area contributed by atoms with Gasteiger partial charge in [0, 0.05) is 18.4 Å². The Morgan fingerprint density at radius 2 is 2.09 bits per heavy atom. The lowest BCUT2D eigenvalue weighted by atomic mass is 10.2. The number of nitrogens with zero attached hydrogens (tertiary/aromatic N) is 1. The van der Waals surface area contributed by atoms with Crippen molar-refractivity contribution in [3.05, 3.63) is 35.7 Å². The Labute approximate surface area is 134 Å². The molecule has 2 rings (SSSR count). The van der Waals surface area contributed by atoms with E-state index in [1.807, 2.05) is 38.1 Å². The molecule has 118 valence electrons. The van der Waals surface area contributed by atoms with Gasteiger partial charge in [0.1, 0.15) is 11.5 Å². The van der Waals surface area contributed by atoms with Crippen LogP contribution in [0.5, 0.6) is 5.75 Å². The molecule has 0 aliphatic heterocycles. The van der Waals surface area contributed by atoms with Crippen molar-refractivity contribution in [1.82, 2.24) is 10.3 Å².